The van der Waals surface area contributed by atoms with Crippen molar-refractivity contribution in [2.24, 2.45) is 0 Å². The maximum absolute atomic E-state index is 10.2. The van der Waals surface area contributed by atoms with Crippen LogP contribution in [0.4, 0.5) is 0 Å². The van der Waals surface area contributed by atoms with Crippen LogP contribution in [0, 0.1) is 0 Å². The molecule has 1 N–H and O–H groups in total. The van der Waals surface area contributed by atoms with E-state index in [1.54, 1.807) is 0 Å². The molecule has 0 aromatic carbocycles. The summed E-state index contributed by atoms with van der Waals surface area (Å²) in [6.45, 7) is 11.4. The number of ether oxygens (including phenoxy) is 1. The second-order valence-electron chi connectivity index (χ2n) is 5.06. The quantitative estimate of drug-likeness (QED) is 0.565. The summed E-state index contributed by atoms with van der Waals surface area (Å²) >= 11 is 0. The molecule has 0 aromatic rings. The van der Waals surface area contributed by atoms with E-state index in [9.17, 15) is 4.79 Å². The van der Waals surface area contributed by atoms with Gasteiger partial charge in [0.1, 0.15) is 6.61 Å². The number of hydrogen-bond acceptors (Lipinski definition) is 3. The van der Waals surface area contributed by atoms with Gasteiger partial charge < -0.3 is 14.3 Å². The molecule has 15 heavy (non-hydrogen) atoms. The lowest BCUT2D eigenvalue weighted by Gasteiger charge is -2.36. The van der Waals surface area contributed by atoms with Crippen molar-refractivity contribution < 1.29 is 19.1 Å². The Kier molecular flexibility index (Phi) is 5.48. The van der Waals surface area contributed by atoms with Gasteiger partial charge in [-0.2, -0.15) is 0 Å². The van der Waals surface area contributed by atoms with Gasteiger partial charge in [0, 0.05) is 0 Å². The van der Waals surface area contributed by atoms with E-state index < -0.39 is 14.3 Å². The van der Waals surface area contributed by atoms with Crippen LogP contribution in [-0.2, 0) is 14.0 Å². The second kappa shape index (κ2) is 5.63. The largest absolute Gasteiger partial charge is 0.480 e. The highest BCUT2D eigenvalue weighted by atomic mass is 28.4. The van der Waals surface area contributed by atoms with Gasteiger partial charge in [0.05, 0.1) is 13.2 Å². The van der Waals surface area contributed by atoms with Crippen molar-refractivity contribution in [3.63, 3.8) is 0 Å². The maximum atomic E-state index is 10.2. The van der Waals surface area contributed by atoms with Gasteiger partial charge in [0.25, 0.3) is 0 Å². The summed E-state index contributed by atoms with van der Waals surface area (Å²) < 4.78 is 10.7. The second-order valence-corrected chi connectivity index (χ2v) is 9.86. The Bertz CT molecular complexity index is 208. The molecule has 0 aliphatic heterocycles. The van der Waals surface area contributed by atoms with Crippen LogP contribution in [0.2, 0.25) is 18.1 Å². The first-order chi connectivity index (χ1) is 6.67. The molecule has 0 aromatic heterocycles. The third kappa shape index (κ3) is 5.91. The van der Waals surface area contributed by atoms with Gasteiger partial charge >= 0.3 is 5.97 Å². The van der Waals surface area contributed by atoms with Crippen LogP contribution in [0.3, 0.4) is 0 Å². The molecule has 5 heteroatoms. The molecule has 0 saturated heterocycles. The summed E-state index contributed by atoms with van der Waals surface area (Å²) in [4.78, 5) is 10.2. The third-order valence-electron chi connectivity index (χ3n) is 2.72. The molecule has 0 bridgehead atoms. The van der Waals surface area contributed by atoms with E-state index in [2.05, 4.69) is 33.9 Å². The summed E-state index contributed by atoms with van der Waals surface area (Å²) in [6, 6.07) is 0. The molecule has 0 unspecified atom stereocenters. The average molecular weight is 234 g/mol. The summed E-state index contributed by atoms with van der Waals surface area (Å²) in [5.41, 5.74) is 0. The van der Waals surface area contributed by atoms with Crippen LogP contribution >= 0.6 is 0 Å². The summed E-state index contributed by atoms with van der Waals surface area (Å²) in [6.07, 6.45) is 0. The number of hydrogen-bond donors (Lipinski definition) is 1. The predicted molar refractivity (Wildman–Crippen MR) is 61.6 cm³/mol. The van der Waals surface area contributed by atoms with Gasteiger partial charge in [-0.3, -0.25) is 0 Å². The molecular weight excluding hydrogens is 212 g/mol. The van der Waals surface area contributed by atoms with Crippen LogP contribution < -0.4 is 0 Å². The van der Waals surface area contributed by atoms with Crippen molar-refractivity contribution in [3.8, 4) is 0 Å². The minimum Gasteiger partial charge on any atom is -0.480 e. The zero-order valence-corrected chi connectivity index (χ0v) is 11.3. The molecule has 0 spiro atoms. The predicted octanol–water partition coefficient (Wildman–Crippen LogP) is 2.11. The van der Waals surface area contributed by atoms with Crippen LogP contribution in [0.25, 0.3) is 0 Å². The standard InChI is InChI=1S/C10H22O4Si/c1-10(2,3)15(4,5)14-7-6-13-8-9(11)12/h6-8H2,1-5H3,(H,11,12). The van der Waals surface area contributed by atoms with E-state index in [0.717, 1.165) is 0 Å². The van der Waals surface area contributed by atoms with Crippen LogP contribution in [0.5, 0.6) is 0 Å². The van der Waals surface area contributed by atoms with Crippen LogP contribution in [0.15, 0.2) is 0 Å². The molecule has 0 amide bonds. The van der Waals surface area contributed by atoms with Crippen molar-refractivity contribution >= 4 is 14.3 Å². The zero-order chi connectivity index (χ0) is 12.1. The Hall–Kier alpha value is -0.393. The van der Waals surface area contributed by atoms with E-state index in [-0.39, 0.29) is 11.6 Å². The van der Waals surface area contributed by atoms with Crippen LogP contribution in [0.1, 0.15) is 20.8 Å². The van der Waals surface area contributed by atoms with Gasteiger partial charge in [-0.25, -0.2) is 4.79 Å². The average Bonchev–Trinajstić information content (AvgIpc) is 2.00. The van der Waals surface area contributed by atoms with Crippen molar-refractivity contribution in [1.29, 1.82) is 0 Å². The van der Waals surface area contributed by atoms with Crippen molar-refractivity contribution in [2.45, 2.75) is 38.9 Å². The molecule has 4 nitrogen and oxygen atoms in total. The SMILES string of the molecule is CC(C)(C)[Si](C)(C)OCCOCC(=O)O. The lowest BCUT2D eigenvalue weighted by molar-refractivity contribution is -0.142. The number of carbonyl (C=O) groups is 1. The lowest BCUT2D eigenvalue weighted by atomic mass is 10.2. The van der Waals surface area contributed by atoms with Crippen molar-refractivity contribution in [3.05, 3.63) is 0 Å². The molecule has 0 saturated carbocycles. The minimum absolute atomic E-state index is 0.180. The fraction of sp³-hybridized carbons (Fsp3) is 0.900. The highest BCUT2D eigenvalue weighted by Gasteiger charge is 2.36. The van der Waals surface area contributed by atoms with Gasteiger partial charge in [0.15, 0.2) is 8.32 Å². The third-order valence-corrected chi connectivity index (χ3v) is 7.26. The summed E-state index contributed by atoms with van der Waals surface area (Å²) in [5, 5.41) is 8.53. The number of carboxylic acids is 1. The lowest BCUT2D eigenvalue weighted by Crippen LogP contribution is -2.41. The minimum atomic E-state index is -1.71. The van der Waals surface area contributed by atoms with Crippen LogP contribution in [-0.4, -0.2) is 39.2 Å². The fourth-order valence-corrected chi connectivity index (χ4v) is 1.76. The Morgan fingerprint density at radius 3 is 2.20 bits per heavy atom. The highest BCUT2D eigenvalue weighted by molar-refractivity contribution is 6.74. The molecule has 0 atom stereocenters. The van der Waals surface area contributed by atoms with Gasteiger partial charge in [-0.1, -0.05) is 20.8 Å². The van der Waals surface area contributed by atoms with Gasteiger partial charge in [-0.15, -0.1) is 0 Å². The first kappa shape index (κ1) is 14.6. The van der Waals surface area contributed by atoms with Gasteiger partial charge in [-0.05, 0) is 18.1 Å². The molecule has 0 aliphatic carbocycles. The maximum Gasteiger partial charge on any atom is 0.329 e. The smallest absolute Gasteiger partial charge is 0.329 e. The summed E-state index contributed by atoms with van der Waals surface area (Å²) in [5.74, 6) is -0.942. The Morgan fingerprint density at radius 1 is 1.27 bits per heavy atom. The normalized spacial score (nSPS) is 12.9. The molecule has 0 heterocycles. The van der Waals surface area contributed by atoms with Crippen molar-refractivity contribution in [1.82, 2.24) is 0 Å². The number of carboxylic acid groups (broad SMARTS) is 1. The monoisotopic (exact) mass is 234 g/mol. The molecule has 0 rings (SSSR count). The molecule has 0 radical (unpaired) electrons. The Morgan fingerprint density at radius 2 is 1.80 bits per heavy atom. The molecule has 90 valence electrons. The van der Waals surface area contributed by atoms with E-state index in [1.165, 1.54) is 0 Å². The number of aliphatic carboxylic acids is 1. The number of rotatable bonds is 6. The zero-order valence-electron chi connectivity index (χ0n) is 10.3. The first-order valence-electron chi connectivity index (χ1n) is 5.10. The molecule has 0 aliphatic rings. The van der Waals surface area contributed by atoms with E-state index in [4.69, 9.17) is 14.3 Å². The van der Waals surface area contributed by atoms with E-state index >= 15 is 0 Å². The highest BCUT2D eigenvalue weighted by Crippen LogP contribution is 2.36. The van der Waals surface area contributed by atoms with Crippen molar-refractivity contribution in [2.75, 3.05) is 19.8 Å². The Labute approximate surface area is 92.7 Å². The fourth-order valence-electron chi connectivity index (χ4n) is 0.732. The van der Waals surface area contributed by atoms with E-state index in [0.29, 0.717) is 13.2 Å². The summed E-state index contributed by atoms with van der Waals surface area (Å²) in [7, 11) is -1.71. The first-order valence-corrected chi connectivity index (χ1v) is 8.01. The molecule has 0 fully saturated rings. The Balaban J connectivity index is 3.72. The van der Waals surface area contributed by atoms with Gasteiger partial charge in [0.2, 0.25) is 0 Å². The topological polar surface area (TPSA) is 55.8 Å². The van der Waals surface area contributed by atoms with E-state index in [1.807, 2.05) is 0 Å². The molecular formula is C10H22O4Si.